The number of carbonyl (C=O) groups excluding carboxylic acids is 2. The average Bonchev–Trinajstić information content (AvgIpc) is 2.62. The number of carbonyl (C=O) groups is 2. The number of benzene rings is 2. The highest BCUT2D eigenvalue weighted by Gasteiger charge is 2.14. The van der Waals surface area contributed by atoms with Gasteiger partial charge in [0.2, 0.25) is 5.91 Å². The van der Waals surface area contributed by atoms with Gasteiger partial charge in [-0.15, -0.1) is 0 Å². The summed E-state index contributed by atoms with van der Waals surface area (Å²) < 4.78 is 4.59. The van der Waals surface area contributed by atoms with E-state index in [4.69, 9.17) is 0 Å². The van der Waals surface area contributed by atoms with Crippen molar-refractivity contribution in [3.8, 4) is 0 Å². The van der Waals surface area contributed by atoms with E-state index in [0.717, 1.165) is 0 Å². The number of hydrogen-bond acceptors (Lipinski definition) is 6. The third-order valence-electron chi connectivity index (χ3n) is 3.27. The van der Waals surface area contributed by atoms with Crippen LogP contribution in [-0.2, 0) is 16.0 Å². The second-order valence-electron chi connectivity index (χ2n) is 4.97. The van der Waals surface area contributed by atoms with E-state index in [1.54, 1.807) is 30.3 Å². The fourth-order valence-corrected chi connectivity index (χ4v) is 2.05. The predicted molar refractivity (Wildman–Crippen MR) is 90.3 cm³/mol. The quantitative estimate of drug-likeness (QED) is 0.374. The van der Waals surface area contributed by atoms with Gasteiger partial charge < -0.3 is 4.74 Å². The number of hydrogen-bond donors (Lipinski definition) is 1. The van der Waals surface area contributed by atoms with Crippen molar-refractivity contribution in [2.75, 3.05) is 7.11 Å². The average molecular weight is 341 g/mol. The zero-order valence-electron chi connectivity index (χ0n) is 13.3. The normalized spacial score (nSPS) is 10.4. The molecule has 0 atom stereocenters. The smallest absolute Gasteiger partial charge is 0.337 e. The number of nitro groups is 1. The Labute approximate surface area is 143 Å². The van der Waals surface area contributed by atoms with Crippen molar-refractivity contribution in [1.29, 1.82) is 0 Å². The van der Waals surface area contributed by atoms with Crippen molar-refractivity contribution in [2.24, 2.45) is 5.10 Å². The van der Waals surface area contributed by atoms with E-state index >= 15 is 0 Å². The highest BCUT2D eigenvalue weighted by atomic mass is 16.6. The van der Waals surface area contributed by atoms with Crippen LogP contribution in [0.1, 0.15) is 21.5 Å². The third kappa shape index (κ3) is 4.96. The predicted octanol–water partition coefficient (Wildman–Crippen LogP) is 2.07. The van der Waals surface area contributed by atoms with Gasteiger partial charge in [0.1, 0.15) is 0 Å². The summed E-state index contributed by atoms with van der Waals surface area (Å²) in [5.74, 6) is -0.919. The maximum absolute atomic E-state index is 11.9. The minimum absolute atomic E-state index is 0.111. The fourth-order valence-electron chi connectivity index (χ4n) is 2.05. The summed E-state index contributed by atoms with van der Waals surface area (Å²) in [6.45, 7) is 0. The summed E-state index contributed by atoms with van der Waals surface area (Å²) in [6.07, 6.45) is 1.24. The molecule has 2 aromatic rings. The van der Waals surface area contributed by atoms with E-state index < -0.39 is 16.8 Å². The Bertz CT molecular complexity index is 815. The van der Waals surface area contributed by atoms with E-state index in [0.29, 0.717) is 16.7 Å². The first-order valence-corrected chi connectivity index (χ1v) is 7.24. The zero-order valence-corrected chi connectivity index (χ0v) is 13.3. The van der Waals surface area contributed by atoms with Crippen LogP contribution >= 0.6 is 0 Å². The standard InChI is InChI=1S/C17H15N3O5/c1-25-17(22)13-8-6-12(7-9-13)11-18-19-16(21)10-14-4-2-3-5-15(14)20(23)24/h2-9,11H,10H2,1H3,(H,19,21). The number of amides is 1. The molecule has 1 N–H and O–H groups in total. The van der Waals surface area contributed by atoms with E-state index in [1.165, 1.54) is 31.5 Å². The lowest BCUT2D eigenvalue weighted by molar-refractivity contribution is -0.385. The SMILES string of the molecule is COC(=O)c1ccc(C=NNC(=O)Cc2ccccc2[N+](=O)[O-])cc1. The van der Waals surface area contributed by atoms with Gasteiger partial charge >= 0.3 is 5.97 Å². The van der Waals surface area contributed by atoms with Gasteiger partial charge in [-0.2, -0.15) is 5.10 Å². The Balaban J connectivity index is 1.95. The number of esters is 1. The summed E-state index contributed by atoms with van der Waals surface area (Å²) in [5.41, 5.74) is 3.58. The van der Waals surface area contributed by atoms with E-state index in [-0.39, 0.29) is 12.1 Å². The summed E-state index contributed by atoms with van der Waals surface area (Å²) >= 11 is 0. The Morgan fingerprint density at radius 1 is 1.20 bits per heavy atom. The molecule has 8 heteroatoms. The Hall–Kier alpha value is -3.55. The number of para-hydroxylation sites is 1. The molecule has 0 spiro atoms. The topological polar surface area (TPSA) is 111 Å². The van der Waals surface area contributed by atoms with Crippen molar-refractivity contribution >= 4 is 23.8 Å². The number of methoxy groups -OCH3 is 1. The molecule has 25 heavy (non-hydrogen) atoms. The van der Waals surface area contributed by atoms with Crippen LogP contribution in [0, 0.1) is 10.1 Å². The molecule has 0 aliphatic rings. The Morgan fingerprint density at radius 2 is 1.88 bits per heavy atom. The second kappa shape index (κ2) is 8.34. The summed E-state index contributed by atoms with van der Waals surface area (Å²) in [7, 11) is 1.30. The Kier molecular flexibility index (Phi) is 5.94. The number of nitro benzene ring substituents is 1. The van der Waals surface area contributed by atoms with Crippen LogP contribution in [0.15, 0.2) is 53.6 Å². The summed E-state index contributed by atoms with van der Waals surface area (Å²) in [6, 6.07) is 12.5. The van der Waals surface area contributed by atoms with Crippen molar-refractivity contribution < 1.29 is 19.2 Å². The molecule has 0 fully saturated rings. The third-order valence-corrected chi connectivity index (χ3v) is 3.27. The minimum Gasteiger partial charge on any atom is -0.465 e. The molecule has 0 aliphatic carbocycles. The van der Waals surface area contributed by atoms with Crippen LogP contribution in [0.5, 0.6) is 0 Å². The molecule has 0 saturated heterocycles. The lowest BCUT2D eigenvalue weighted by atomic mass is 10.1. The van der Waals surface area contributed by atoms with Crippen molar-refractivity contribution in [3.63, 3.8) is 0 Å². The van der Waals surface area contributed by atoms with E-state index in [9.17, 15) is 19.7 Å². The zero-order chi connectivity index (χ0) is 18.2. The molecule has 1 amide bonds. The van der Waals surface area contributed by atoms with Crippen LogP contribution in [0.3, 0.4) is 0 Å². The lowest BCUT2D eigenvalue weighted by Crippen LogP contribution is -2.20. The Morgan fingerprint density at radius 3 is 2.52 bits per heavy atom. The molecule has 128 valence electrons. The summed E-state index contributed by atoms with van der Waals surface area (Å²) in [4.78, 5) is 33.5. The second-order valence-corrected chi connectivity index (χ2v) is 4.97. The molecule has 0 aliphatic heterocycles. The van der Waals surface area contributed by atoms with Gasteiger partial charge in [0.15, 0.2) is 0 Å². The van der Waals surface area contributed by atoms with Gasteiger partial charge in [-0.25, -0.2) is 10.2 Å². The molecule has 2 rings (SSSR count). The number of nitrogens with zero attached hydrogens (tertiary/aromatic N) is 2. The number of hydrazone groups is 1. The molecule has 0 saturated carbocycles. The fraction of sp³-hybridized carbons (Fsp3) is 0.118. The molecule has 0 radical (unpaired) electrons. The van der Waals surface area contributed by atoms with Gasteiger partial charge in [-0.1, -0.05) is 30.3 Å². The van der Waals surface area contributed by atoms with Gasteiger partial charge in [-0.3, -0.25) is 14.9 Å². The number of rotatable bonds is 6. The van der Waals surface area contributed by atoms with Crippen molar-refractivity contribution in [3.05, 3.63) is 75.3 Å². The highest BCUT2D eigenvalue weighted by Crippen LogP contribution is 2.17. The first-order chi connectivity index (χ1) is 12.0. The largest absolute Gasteiger partial charge is 0.465 e. The maximum atomic E-state index is 11.9. The van der Waals surface area contributed by atoms with Gasteiger partial charge in [0.05, 0.1) is 30.2 Å². The summed E-state index contributed by atoms with van der Waals surface area (Å²) in [5, 5.41) is 14.7. The van der Waals surface area contributed by atoms with Crippen molar-refractivity contribution in [1.82, 2.24) is 5.43 Å². The maximum Gasteiger partial charge on any atom is 0.337 e. The molecule has 2 aromatic carbocycles. The van der Waals surface area contributed by atoms with Crippen LogP contribution < -0.4 is 5.43 Å². The minimum atomic E-state index is -0.533. The number of ether oxygens (including phenoxy) is 1. The van der Waals surface area contributed by atoms with E-state index in [1.807, 2.05) is 0 Å². The van der Waals surface area contributed by atoms with Crippen LogP contribution in [0.2, 0.25) is 0 Å². The molecule has 0 heterocycles. The first kappa shape index (κ1) is 17.8. The van der Waals surface area contributed by atoms with Crippen LogP contribution in [0.25, 0.3) is 0 Å². The molecule has 0 aromatic heterocycles. The molecule has 0 unspecified atom stereocenters. The molecular weight excluding hydrogens is 326 g/mol. The van der Waals surface area contributed by atoms with Crippen LogP contribution in [0.4, 0.5) is 5.69 Å². The lowest BCUT2D eigenvalue weighted by Gasteiger charge is -2.02. The van der Waals surface area contributed by atoms with E-state index in [2.05, 4.69) is 15.3 Å². The van der Waals surface area contributed by atoms with Gasteiger partial charge in [-0.05, 0) is 17.7 Å². The number of nitrogens with one attached hydrogen (secondary N) is 1. The first-order valence-electron chi connectivity index (χ1n) is 7.24. The van der Waals surface area contributed by atoms with Crippen molar-refractivity contribution in [2.45, 2.75) is 6.42 Å². The molecule has 0 bridgehead atoms. The molecule has 8 nitrogen and oxygen atoms in total. The van der Waals surface area contributed by atoms with Crippen LogP contribution in [-0.4, -0.2) is 30.1 Å². The highest BCUT2D eigenvalue weighted by molar-refractivity contribution is 5.90. The monoisotopic (exact) mass is 341 g/mol. The molecular formula is C17H15N3O5. The van der Waals surface area contributed by atoms with Gasteiger partial charge in [0, 0.05) is 11.6 Å². The van der Waals surface area contributed by atoms with Gasteiger partial charge in [0.25, 0.3) is 5.69 Å².